The second-order valence-corrected chi connectivity index (χ2v) is 7.13. The Kier molecular flexibility index (Phi) is 7.69. The van der Waals surface area contributed by atoms with Gasteiger partial charge in [0.05, 0.1) is 32.5 Å². The number of aliphatic hydroxyl groups is 4. The van der Waals surface area contributed by atoms with E-state index in [2.05, 4.69) is 6.07 Å². The van der Waals surface area contributed by atoms with Crippen LogP contribution in [-0.4, -0.2) is 72.0 Å². The van der Waals surface area contributed by atoms with Crippen molar-refractivity contribution >= 4 is 12.2 Å². The lowest BCUT2D eigenvalue weighted by atomic mass is 9.99. The summed E-state index contributed by atoms with van der Waals surface area (Å²) in [4.78, 5) is 0. The normalized spacial score (nSPS) is 25.3. The molecule has 170 valence electrons. The summed E-state index contributed by atoms with van der Waals surface area (Å²) >= 11 is 0. The van der Waals surface area contributed by atoms with Gasteiger partial charge in [0.2, 0.25) is 6.29 Å². The van der Waals surface area contributed by atoms with Crippen LogP contribution in [0.15, 0.2) is 36.4 Å². The molecule has 1 aliphatic heterocycles. The van der Waals surface area contributed by atoms with Crippen LogP contribution in [0.5, 0.6) is 17.2 Å². The van der Waals surface area contributed by atoms with Crippen molar-refractivity contribution in [2.45, 2.75) is 30.7 Å². The third kappa shape index (κ3) is 5.02. The van der Waals surface area contributed by atoms with Gasteiger partial charge in [-0.25, -0.2) is 0 Å². The van der Waals surface area contributed by atoms with Gasteiger partial charge in [-0.05, 0) is 23.8 Å². The number of nitriles is 1. The van der Waals surface area contributed by atoms with E-state index >= 15 is 0 Å². The molecule has 1 fully saturated rings. The Bertz CT molecular complexity index is 1000. The molecule has 0 radical (unpaired) electrons. The van der Waals surface area contributed by atoms with Gasteiger partial charge in [0.25, 0.3) is 0 Å². The SMILES string of the molecule is COc1cc(/C=C/c2cccc(C#N)c2)c(O[C@@H]2O[C@H](CO)[C@@H](O)[C@H](O)[C@H]2O)c(OC)c1. The zero-order valence-electron chi connectivity index (χ0n) is 17.6. The number of methoxy groups -OCH3 is 2. The second kappa shape index (κ2) is 10.5. The van der Waals surface area contributed by atoms with Crippen molar-refractivity contribution in [3.05, 3.63) is 53.1 Å². The van der Waals surface area contributed by atoms with E-state index in [1.165, 1.54) is 14.2 Å². The highest BCUT2D eigenvalue weighted by atomic mass is 16.7. The summed E-state index contributed by atoms with van der Waals surface area (Å²) in [6.45, 7) is -0.577. The maximum absolute atomic E-state index is 10.3. The largest absolute Gasteiger partial charge is 0.497 e. The van der Waals surface area contributed by atoms with Crippen LogP contribution >= 0.6 is 0 Å². The van der Waals surface area contributed by atoms with E-state index in [0.717, 1.165) is 5.56 Å². The first kappa shape index (κ1) is 23.5. The van der Waals surface area contributed by atoms with Crippen molar-refractivity contribution in [3.63, 3.8) is 0 Å². The molecule has 9 nitrogen and oxygen atoms in total. The highest BCUT2D eigenvalue weighted by Gasteiger charge is 2.45. The topological polar surface area (TPSA) is 142 Å². The number of ether oxygens (including phenoxy) is 4. The molecule has 0 bridgehead atoms. The molecule has 32 heavy (non-hydrogen) atoms. The van der Waals surface area contributed by atoms with Crippen LogP contribution in [0.25, 0.3) is 12.2 Å². The van der Waals surface area contributed by atoms with Crippen LogP contribution in [0, 0.1) is 11.3 Å². The number of hydrogen-bond acceptors (Lipinski definition) is 9. The van der Waals surface area contributed by atoms with Crippen LogP contribution < -0.4 is 14.2 Å². The Hall–Kier alpha value is -3.13. The molecular formula is C23H25NO8. The van der Waals surface area contributed by atoms with Gasteiger partial charge in [-0.3, -0.25) is 0 Å². The first-order chi connectivity index (χ1) is 15.4. The summed E-state index contributed by atoms with van der Waals surface area (Å²) in [6, 6.07) is 12.3. The molecule has 0 aliphatic carbocycles. The zero-order valence-corrected chi connectivity index (χ0v) is 17.6. The molecule has 1 saturated heterocycles. The summed E-state index contributed by atoms with van der Waals surface area (Å²) in [5.41, 5.74) is 1.78. The Balaban J connectivity index is 1.99. The molecule has 0 aromatic heterocycles. The van der Waals surface area contributed by atoms with Gasteiger partial charge < -0.3 is 39.4 Å². The number of benzene rings is 2. The van der Waals surface area contributed by atoms with Crippen molar-refractivity contribution in [1.82, 2.24) is 0 Å². The second-order valence-electron chi connectivity index (χ2n) is 7.13. The van der Waals surface area contributed by atoms with Crippen LogP contribution in [0.1, 0.15) is 16.7 Å². The molecule has 5 atom stereocenters. The molecular weight excluding hydrogens is 418 g/mol. The Labute approximate surface area is 185 Å². The standard InChI is InChI=1S/C23H25NO8/c1-29-16-9-15(7-6-13-4-3-5-14(8-13)11-24)22(17(10-16)30-2)32-23-21(28)20(27)19(26)18(12-25)31-23/h3-10,18-21,23,25-28H,12H2,1-2H3/b7-6+/t18-,19-,20+,21-,23+/m1/s1. The molecule has 0 saturated carbocycles. The lowest BCUT2D eigenvalue weighted by Crippen LogP contribution is -2.60. The fourth-order valence-corrected chi connectivity index (χ4v) is 3.30. The van der Waals surface area contributed by atoms with Crippen LogP contribution in [-0.2, 0) is 4.74 Å². The highest BCUT2D eigenvalue weighted by Crippen LogP contribution is 2.39. The van der Waals surface area contributed by atoms with Crippen molar-refractivity contribution < 1.29 is 39.4 Å². The smallest absolute Gasteiger partial charge is 0.229 e. The molecule has 2 aromatic carbocycles. The number of rotatable bonds is 7. The minimum absolute atomic E-state index is 0.185. The molecule has 0 spiro atoms. The van der Waals surface area contributed by atoms with Crippen molar-refractivity contribution in [2.24, 2.45) is 0 Å². The van der Waals surface area contributed by atoms with Crippen LogP contribution in [0.3, 0.4) is 0 Å². The van der Waals surface area contributed by atoms with E-state index in [1.54, 1.807) is 42.5 Å². The van der Waals surface area contributed by atoms with E-state index in [-0.39, 0.29) is 11.5 Å². The molecule has 2 aromatic rings. The van der Waals surface area contributed by atoms with Gasteiger partial charge in [-0.15, -0.1) is 0 Å². The minimum atomic E-state index is -1.58. The maximum Gasteiger partial charge on any atom is 0.229 e. The van der Waals surface area contributed by atoms with Crippen LogP contribution in [0.4, 0.5) is 0 Å². The fraction of sp³-hybridized carbons (Fsp3) is 0.348. The monoisotopic (exact) mass is 443 g/mol. The lowest BCUT2D eigenvalue weighted by molar-refractivity contribution is -0.277. The lowest BCUT2D eigenvalue weighted by Gasteiger charge is -2.39. The summed E-state index contributed by atoms with van der Waals surface area (Å²) < 4.78 is 22.1. The zero-order chi connectivity index (χ0) is 23.3. The van der Waals surface area contributed by atoms with E-state index in [1.807, 2.05) is 6.07 Å². The minimum Gasteiger partial charge on any atom is -0.497 e. The first-order valence-electron chi connectivity index (χ1n) is 9.83. The predicted molar refractivity (Wildman–Crippen MR) is 114 cm³/mol. The Morgan fingerprint density at radius 2 is 1.81 bits per heavy atom. The van der Waals surface area contributed by atoms with Gasteiger partial charge in [0.15, 0.2) is 11.5 Å². The molecule has 0 unspecified atom stereocenters. The van der Waals surface area contributed by atoms with Gasteiger partial charge >= 0.3 is 0 Å². The quantitative estimate of drug-likeness (QED) is 0.460. The fourth-order valence-electron chi connectivity index (χ4n) is 3.30. The van der Waals surface area contributed by atoms with E-state index in [0.29, 0.717) is 16.9 Å². The van der Waals surface area contributed by atoms with Gasteiger partial charge in [-0.2, -0.15) is 5.26 Å². The molecule has 4 N–H and O–H groups in total. The maximum atomic E-state index is 10.3. The summed E-state index contributed by atoms with van der Waals surface area (Å²) in [6.07, 6.45) is -3.70. The van der Waals surface area contributed by atoms with Gasteiger partial charge in [0, 0.05) is 11.6 Å². The Morgan fingerprint density at radius 1 is 1.03 bits per heavy atom. The average molecular weight is 443 g/mol. The molecule has 1 heterocycles. The first-order valence-corrected chi connectivity index (χ1v) is 9.83. The van der Waals surface area contributed by atoms with Crippen molar-refractivity contribution in [2.75, 3.05) is 20.8 Å². The Morgan fingerprint density at radius 3 is 2.47 bits per heavy atom. The van der Waals surface area contributed by atoms with Crippen molar-refractivity contribution in [3.8, 4) is 23.3 Å². The molecule has 9 heteroatoms. The van der Waals surface area contributed by atoms with E-state index < -0.39 is 37.3 Å². The highest BCUT2D eigenvalue weighted by molar-refractivity contribution is 5.75. The average Bonchev–Trinajstić information content (AvgIpc) is 2.83. The van der Waals surface area contributed by atoms with Crippen LogP contribution in [0.2, 0.25) is 0 Å². The number of aliphatic hydroxyl groups excluding tert-OH is 4. The third-order valence-electron chi connectivity index (χ3n) is 5.07. The number of nitrogens with zero attached hydrogens (tertiary/aromatic N) is 1. The van der Waals surface area contributed by atoms with Gasteiger partial charge in [0.1, 0.15) is 30.2 Å². The summed E-state index contributed by atoms with van der Waals surface area (Å²) in [7, 11) is 2.93. The van der Waals surface area contributed by atoms with E-state index in [4.69, 9.17) is 24.2 Å². The summed E-state index contributed by atoms with van der Waals surface area (Å²) in [5, 5.41) is 48.9. The number of hydrogen-bond donors (Lipinski definition) is 4. The predicted octanol–water partition coefficient (Wildman–Crippen LogP) is 0.925. The third-order valence-corrected chi connectivity index (χ3v) is 5.07. The van der Waals surface area contributed by atoms with Crippen molar-refractivity contribution in [1.29, 1.82) is 5.26 Å². The van der Waals surface area contributed by atoms with Gasteiger partial charge in [-0.1, -0.05) is 24.3 Å². The molecule has 0 amide bonds. The molecule has 1 aliphatic rings. The summed E-state index contributed by atoms with van der Waals surface area (Å²) in [5.74, 6) is 0.936. The molecule has 3 rings (SSSR count). The van der Waals surface area contributed by atoms with E-state index in [9.17, 15) is 20.4 Å².